The second-order valence-corrected chi connectivity index (χ2v) is 21.8. The fraction of sp³-hybridized carbons (Fsp3) is 0.455. The number of nitrogens with zero attached hydrogens (tertiary/aromatic N) is 3. The van der Waals surface area contributed by atoms with E-state index in [4.69, 9.17) is 18.6 Å². The molecule has 0 radical (unpaired) electrons. The van der Waals surface area contributed by atoms with E-state index in [-0.39, 0.29) is 18.5 Å². The Labute approximate surface area is 334 Å². The van der Waals surface area contributed by atoms with E-state index in [1.807, 2.05) is 94.4 Å². The van der Waals surface area contributed by atoms with Gasteiger partial charge < -0.3 is 28.9 Å². The van der Waals surface area contributed by atoms with Gasteiger partial charge in [-0.2, -0.15) is 0 Å². The molecular weight excluding hydrogens is 750 g/mol. The van der Waals surface area contributed by atoms with E-state index >= 15 is 13.2 Å². The van der Waals surface area contributed by atoms with E-state index in [1.165, 1.54) is 12.3 Å². The monoisotopic (exact) mass is 802 g/mol. The van der Waals surface area contributed by atoms with Gasteiger partial charge in [0.2, 0.25) is 6.79 Å². The molecule has 1 N–H and O–H groups in total. The number of carbonyl (C=O) groups is 1. The number of nitrogens with one attached hydrogen (secondary N) is 1. The topological polar surface area (TPSA) is 85.4 Å². The summed E-state index contributed by atoms with van der Waals surface area (Å²) in [6.07, 6.45) is 2.21. The summed E-state index contributed by atoms with van der Waals surface area (Å²) < 4.78 is 73.8. The van der Waals surface area contributed by atoms with Crippen LogP contribution in [0.15, 0.2) is 85.1 Å². The molecule has 13 heteroatoms. The maximum atomic E-state index is 16.8. The van der Waals surface area contributed by atoms with Crippen molar-refractivity contribution in [1.29, 1.82) is 0 Å². The lowest BCUT2D eigenvalue weighted by Crippen LogP contribution is -2.67. The molecular formula is C44H53F3N4O5Si. The van der Waals surface area contributed by atoms with Crippen molar-refractivity contribution in [2.45, 2.75) is 96.0 Å². The van der Waals surface area contributed by atoms with Gasteiger partial charge in [0, 0.05) is 31.2 Å². The van der Waals surface area contributed by atoms with E-state index in [2.05, 4.69) is 31.1 Å². The number of halogens is 3. The molecule has 7 rings (SSSR count). The molecule has 0 aliphatic carbocycles. The Kier molecular flexibility index (Phi) is 11.1. The Bertz CT molecular complexity index is 2020. The summed E-state index contributed by atoms with van der Waals surface area (Å²) in [5.41, 5.74) is 1.33. The minimum atomic E-state index is -3.34. The van der Waals surface area contributed by atoms with Gasteiger partial charge in [0.15, 0.2) is 11.5 Å². The van der Waals surface area contributed by atoms with Crippen LogP contribution in [0.25, 0.3) is 0 Å². The maximum absolute atomic E-state index is 16.8. The van der Waals surface area contributed by atoms with E-state index in [0.29, 0.717) is 48.7 Å². The molecule has 1 fully saturated rings. The molecule has 3 aliphatic rings. The van der Waals surface area contributed by atoms with Gasteiger partial charge in [-0.3, -0.25) is 9.88 Å². The molecule has 9 nitrogen and oxygen atoms in total. The zero-order chi connectivity index (χ0) is 40.8. The third-order valence-electron chi connectivity index (χ3n) is 11.0. The first kappa shape index (κ1) is 40.6. The van der Waals surface area contributed by atoms with Gasteiger partial charge in [0.25, 0.3) is 14.2 Å². The molecule has 4 aromatic rings. The maximum Gasteiger partial charge on any atom is 0.410 e. The molecule has 1 aromatic heterocycles. The predicted octanol–water partition coefficient (Wildman–Crippen LogP) is 7.92. The second kappa shape index (κ2) is 15.6. The number of aromatic nitrogens is 1. The molecule has 4 heterocycles. The first-order valence-corrected chi connectivity index (χ1v) is 21.6. The number of alkyl halides is 2. The summed E-state index contributed by atoms with van der Waals surface area (Å²) in [7, 11) is -3.28. The Morgan fingerprint density at radius 1 is 0.947 bits per heavy atom. The third kappa shape index (κ3) is 8.51. The number of carbonyl (C=O) groups excluding carboxylic acids is 1. The predicted molar refractivity (Wildman–Crippen MR) is 217 cm³/mol. The average molecular weight is 803 g/mol. The highest BCUT2D eigenvalue weighted by Gasteiger charge is 2.52. The van der Waals surface area contributed by atoms with Gasteiger partial charge in [-0.05, 0) is 79.2 Å². The first-order chi connectivity index (χ1) is 26.9. The smallest absolute Gasteiger partial charge is 0.410 e. The van der Waals surface area contributed by atoms with Crippen LogP contribution in [0.2, 0.25) is 5.04 Å². The van der Waals surface area contributed by atoms with Crippen LogP contribution in [0.4, 0.5) is 23.7 Å². The van der Waals surface area contributed by atoms with Crippen molar-refractivity contribution in [3.8, 4) is 11.5 Å². The Morgan fingerprint density at radius 3 is 2.18 bits per heavy atom. The van der Waals surface area contributed by atoms with Gasteiger partial charge >= 0.3 is 6.09 Å². The fourth-order valence-electron chi connectivity index (χ4n) is 8.47. The van der Waals surface area contributed by atoms with Gasteiger partial charge in [-0.1, -0.05) is 81.4 Å². The summed E-state index contributed by atoms with van der Waals surface area (Å²) in [6, 6.07) is 22.9. The van der Waals surface area contributed by atoms with Gasteiger partial charge in [0.05, 0.1) is 36.8 Å². The molecule has 3 atom stereocenters. The molecule has 304 valence electrons. The number of amides is 1. The summed E-state index contributed by atoms with van der Waals surface area (Å²) >= 11 is 0. The zero-order valence-electron chi connectivity index (χ0n) is 33.8. The van der Waals surface area contributed by atoms with E-state index in [0.717, 1.165) is 15.9 Å². The highest BCUT2D eigenvalue weighted by Crippen LogP contribution is 2.46. The van der Waals surface area contributed by atoms with Crippen LogP contribution in [-0.4, -0.2) is 85.8 Å². The number of rotatable bonds is 10. The number of hydrogen-bond donors (Lipinski definition) is 1. The van der Waals surface area contributed by atoms with E-state index in [9.17, 15) is 4.79 Å². The van der Waals surface area contributed by atoms with Crippen LogP contribution in [0.1, 0.15) is 77.7 Å². The number of anilines is 1. The molecule has 0 bridgehead atoms. The Morgan fingerprint density at radius 2 is 1.58 bits per heavy atom. The molecule has 1 saturated heterocycles. The van der Waals surface area contributed by atoms with Crippen LogP contribution in [0.5, 0.6) is 11.5 Å². The third-order valence-corrected chi connectivity index (χ3v) is 16.0. The number of benzene rings is 3. The number of fused-ring (bicyclic) bond motifs is 2. The van der Waals surface area contributed by atoms with Gasteiger partial charge in [0.1, 0.15) is 11.4 Å². The van der Waals surface area contributed by atoms with Crippen molar-refractivity contribution in [2.75, 3.05) is 38.4 Å². The normalized spacial score (nSPS) is 20.0. The highest BCUT2D eigenvalue weighted by atomic mass is 28.4. The van der Waals surface area contributed by atoms with Gasteiger partial charge in [-0.15, -0.1) is 0 Å². The van der Waals surface area contributed by atoms with E-state index in [1.54, 1.807) is 15.9 Å². The molecule has 0 saturated carbocycles. The van der Waals surface area contributed by atoms with Crippen LogP contribution >= 0.6 is 0 Å². The van der Waals surface area contributed by atoms with Crippen LogP contribution in [-0.2, 0) is 15.6 Å². The van der Waals surface area contributed by atoms with Crippen molar-refractivity contribution in [3.05, 3.63) is 108 Å². The van der Waals surface area contributed by atoms with Crippen molar-refractivity contribution < 1.29 is 36.6 Å². The van der Waals surface area contributed by atoms with Crippen molar-refractivity contribution in [3.63, 3.8) is 0 Å². The lowest BCUT2D eigenvalue weighted by Gasteiger charge is -2.45. The van der Waals surface area contributed by atoms with Crippen molar-refractivity contribution in [1.82, 2.24) is 14.8 Å². The highest BCUT2D eigenvalue weighted by molar-refractivity contribution is 6.99. The second-order valence-electron chi connectivity index (χ2n) is 17.5. The standard InChI is InChI=1S/C44H53F3N4O5Si/c1-29-20-30-21-37-38(54-28-53-37)23-35(30)40(39-36(45)22-32(24-48-39)49-31-18-19-50(25-31)41(52)56-42(2,3)4)51(29)26-44(46,47)27-55-57(43(5,6)7,33-14-10-8-11-15-33)34-16-12-9-13-17-34/h8-17,21-24,29,31,40,49H,18-20,25-28H2,1-7H3/t29-,31?,40+/m1/s1. The summed E-state index contributed by atoms with van der Waals surface area (Å²) in [5, 5.41) is 4.62. The first-order valence-electron chi connectivity index (χ1n) is 19.6. The molecule has 3 aromatic carbocycles. The quantitative estimate of drug-likeness (QED) is 0.162. The van der Waals surface area contributed by atoms with E-state index < -0.39 is 62.0 Å². The number of pyridine rings is 1. The summed E-state index contributed by atoms with van der Waals surface area (Å²) in [6.45, 7) is 12.9. The fourth-order valence-corrected chi connectivity index (χ4v) is 13.1. The Hall–Kier alpha value is -4.59. The number of likely N-dealkylation sites (tertiary alicyclic amines) is 1. The number of hydrogen-bond acceptors (Lipinski definition) is 8. The summed E-state index contributed by atoms with van der Waals surface area (Å²) in [5.74, 6) is -2.93. The minimum absolute atomic E-state index is 0.0257. The molecule has 0 spiro atoms. The molecule has 1 amide bonds. The lowest BCUT2D eigenvalue weighted by molar-refractivity contribution is -0.0824. The molecule has 57 heavy (non-hydrogen) atoms. The SMILES string of the molecule is C[C@@H]1Cc2cc3c(cc2[C@@H](c2ncc(NC4CCN(C(=O)OC(C)(C)C)C4)cc2F)N1CC(F)(F)CO[Si](c1ccccc1)(c1ccccc1)C(C)(C)C)OCO3. The van der Waals surface area contributed by atoms with Crippen molar-refractivity contribution in [2.24, 2.45) is 0 Å². The summed E-state index contributed by atoms with van der Waals surface area (Å²) in [4.78, 5) is 20.5. The van der Waals surface area contributed by atoms with Gasteiger partial charge in [-0.25, -0.2) is 18.0 Å². The largest absolute Gasteiger partial charge is 0.454 e. The average Bonchev–Trinajstić information content (AvgIpc) is 3.81. The van der Waals surface area contributed by atoms with Crippen LogP contribution in [0.3, 0.4) is 0 Å². The van der Waals surface area contributed by atoms with Crippen molar-refractivity contribution >= 4 is 30.5 Å². The molecule has 1 unspecified atom stereocenters. The van der Waals surface area contributed by atoms with Crippen LogP contribution in [0, 0.1) is 5.82 Å². The Balaban J connectivity index is 1.18. The number of ether oxygens (including phenoxy) is 3. The lowest BCUT2D eigenvalue weighted by atomic mass is 9.86. The molecule has 3 aliphatic heterocycles. The minimum Gasteiger partial charge on any atom is -0.454 e. The van der Waals surface area contributed by atoms with Crippen LogP contribution < -0.4 is 25.2 Å². The zero-order valence-corrected chi connectivity index (χ0v) is 34.8.